The normalized spacial score (nSPS) is 23.4. The van der Waals surface area contributed by atoms with Gasteiger partial charge in [-0.05, 0) is 50.9 Å². The number of anilines is 1. The molecule has 2 fully saturated rings. The van der Waals surface area contributed by atoms with Gasteiger partial charge >= 0.3 is 0 Å². The second-order valence-corrected chi connectivity index (χ2v) is 11.1. The lowest BCUT2D eigenvalue weighted by Crippen LogP contribution is -2.46. The maximum Gasteiger partial charge on any atom is 0.240 e. The summed E-state index contributed by atoms with van der Waals surface area (Å²) in [6, 6.07) is 6.21. The molecule has 1 saturated heterocycles. The van der Waals surface area contributed by atoms with Gasteiger partial charge in [0.2, 0.25) is 10.0 Å². The molecule has 8 nitrogen and oxygen atoms in total. The van der Waals surface area contributed by atoms with Crippen molar-refractivity contribution in [1.29, 1.82) is 0 Å². The summed E-state index contributed by atoms with van der Waals surface area (Å²) in [6.45, 7) is 3.75. The number of aromatic nitrogens is 2. The van der Waals surface area contributed by atoms with E-state index in [1.165, 1.54) is 19.9 Å². The van der Waals surface area contributed by atoms with Crippen molar-refractivity contribution in [3.05, 3.63) is 24.5 Å². The van der Waals surface area contributed by atoms with E-state index >= 15 is 0 Å². The van der Waals surface area contributed by atoms with E-state index in [9.17, 15) is 8.42 Å². The van der Waals surface area contributed by atoms with E-state index < -0.39 is 10.0 Å². The van der Waals surface area contributed by atoms with Crippen LogP contribution >= 0.6 is 11.3 Å². The maximum absolute atomic E-state index is 12.3. The van der Waals surface area contributed by atoms with Gasteiger partial charge in [0.15, 0.2) is 0 Å². The third-order valence-electron chi connectivity index (χ3n) is 6.42. The molecule has 2 aliphatic rings. The second kappa shape index (κ2) is 8.59. The van der Waals surface area contributed by atoms with Crippen molar-refractivity contribution < 1.29 is 13.2 Å². The molecule has 3 heterocycles. The molecule has 1 saturated carbocycles. The number of sulfonamides is 1. The van der Waals surface area contributed by atoms with E-state index in [1.807, 2.05) is 6.07 Å². The molecule has 1 aliphatic heterocycles. The molecule has 31 heavy (non-hydrogen) atoms. The van der Waals surface area contributed by atoms with Gasteiger partial charge in [0.1, 0.15) is 17.0 Å². The summed E-state index contributed by atoms with van der Waals surface area (Å²) in [5.41, 5.74) is 0. The van der Waals surface area contributed by atoms with Crippen molar-refractivity contribution in [3.8, 4) is 0 Å². The van der Waals surface area contributed by atoms with Gasteiger partial charge < -0.3 is 10.1 Å². The summed E-state index contributed by atoms with van der Waals surface area (Å²) in [5.74, 6) is 0.796. The van der Waals surface area contributed by atoms with Crippen LogP contribution in [0.25, 0.3) is 20.3 Å². The number of nitrogens with one attached hydrogen (secondary N) is 2. The van der Waals surface area contributed by atoms with Crippen LogP contribution in [0.5, 0.6) is 0 Å². The van der Waals surface area contributed by atoms with Gasteiger partial charge in [-0.3, -0.25) is 4.90 Å². The molecule has 10 heteroatoms. The van der Waals surface area contributed by atoms with Gasteiger partial charge in [0.05, 0.1) is 23.5 Å². The predicted molar refractivity (Wildman–Crippen MR) is 123 cm³/mol. The Balaban J connectivity index is 1.40. The van der Waals surface area contributed by atoms with Crippen molar-refractivity contribution in [2.24, 2.45) is 0 Å². The Morgan fingerprint density at radius 3 is 2.65 bits per heavy atom. The topological polar surface area (TPSA) is 96.5 Å². The quantitative estimate of drug-likeness (QED) is 0.603. The first-order chi connectivity index (χ1) is 15.0. The first-order valence-corrected chi connectivity index (χ1v) is 13.0. The molecule has 166 valence electrons. The minimum absolute atomic E-state index is 0.253. The van der Waals surface area contributed by atoms with E-state index in [2.05, 4.69) is 24.9 Å². The van der Waals surface area contributed by atoms with E-state index in [0.29, 0.717) is 12.1 Å². The lowest BCUT2D eigenvalue weighted by atomic mass is 9.90. The molecule has 0 bridgehead atoms. The molecular formula is C21H27N5O3S2. The van der Waals surface area contributed by atoms with Crippen LogP contribution in [-0.2, 0) is 14.8 Å². The molecule has 0 amide bonds. The third kappa shape index (κ3) is 4.14. The highest BCUT2D eigenvalue weighted by Crippen LogP contribution is 2.38. The van der Waals surface area contributed by atoms with Crippen LogP contribution in [0.1, 0.15) is 25.7 Å². The van der Waals surface area contributed by atoms with Crippen molar-refractivity contribution in [2.75, 3.05) is 38.7 Å². The smallest absolute Gasteiger partial charge is 0.240 e. The summed E-state index contributed by atoms with van der Waals surface area (Å²) in [5, 5.41) is 5.43. The summed E-state index contributed by atoms with van der Waals surface area (Å²) in [7, 11) is -2.09. The van der Waals surface area contributed by atoms with Gasteiger partial charge in [-0.2, -0.15) is 0 Å². The van der Waals surface area contributed by atoms with Gasteiger partial charge in [0, 0.05) is 35.3 Å². The first kappa shape index (κ1) is 21.0. The van der Waals surface area contributed by atoms with E-state index in [4.69, 9.17) is 4.74 Å². The summed E-state index contributed by atoms with van der Waals surface area (Å²) in [6.07, 6.45) is 6.11. The van der Waals surface area contributed by atoms with Gasteiger partial charge in [0.25, 0.3) is 0 Å². The minimum Gasteiger partial charge on any atom is -0.379 e. The lowest BCUT2D eigenvalue weighted by molar-refractivity contribution is 0.00791. The Hall–Kier alpha value is -1.85. The van der Waals surface area contributed by atoms with Crippen LogP contribution in [0.4, 0.5) is 5.82 Å². The molecule has 0 unspecified atom stereocenters. The number of rotatable bonds is 5. The molecule has 3 aromatic rings. The molecule has 2 N–H and O–H groups in total. The van der Waals surface area contributed by atoms with Crippen LogP contribution in [0.15, 0.2) is 29.4 Å². The molecule has 0 spiro atoms. The van der Waals surface area contributed by atoms with Crippen LogP contribution in [0, 0.1) is 0 Å². The predicted octanol–water partition coefficient (Wildman–Crippen LogP) is 2.81. The number of hydrogen-bond acceptors (Lipinski definition) is 8. The number of nitrogens with zero attached hydrogens (tertiary/aromatic N) is 3. The number of morpholine rings is 1. The second-order valence-electron chi connectivity index (χ2n) is 8.17. The van der Waals surface area contributed by atoms with Crippen LogP contribution in [0.3, 0.4) is 0 Å². The van der Waals surface area contributed by atoms with Crippen molar-refractivity contribution in [2.45, 2.75) is 42.7 Å². The fourth-order valence-electron chi connectivity index (χ4n) is 4.70. The molecule has 0 radical (unpaired) electrons. The summed E-state index contributed by atoms with van der Waals surface area (Å²) >= 11 is 1.56. The Kier molecular flexibility index (Phi) is 5.82. The molecular weight excluding hydrogens is 434 g/mol. The minimum atomic E-state index is -3.51. The molecule has 1 aliphatic carbocycles. The zero-order valence-electron chi connectivity index (χ0n) is 17.5. The first-order valence-electron chi connectivity index (χ1n) is 10.7. The Bertz CT molecular complexity index is 1180. The fourth-order valence-corrected chi connectivity index (χ4v) is 6.48. The van der Waals surface area contributed by atoms with Gasteiger partial charge in [-0.1, -0.05) is 0 Å². The highest BCUT2D eigenvalue weighted by molar-refractivity contribution is 7.89. The van der Waals surface area contributed by atoms with Crippen LogP contribution in [0.2, 0.25) is 0 Å². The van der Waals surface area contributed by atoms with Crippen molar-refractivity contribution >= 4 is 47.5 Å². The largest absolute Gasteiger partial charge is 0.379 e. The van der Waals surface area contributed by atoms with Gasteiger partial charge in [-0.25, -0.2) is 23.1 Å². The number of hydrogen-bond donors (Lipinski definition) is 2. The Morgan fingerprint density at radius 1 is 1.13 bits per heavy atom. The summed E-state index contributed by atoms with van der Waals surface area (Å²) < 4.78 is 33.5. The summed E-state index contributed by atoms with van der Waals surface area (Å²) in [4.78, 5) is 12.7. The number of ether oxygens (including phenoxy) is 1. The maximum atomic E-state index is 12.3. The molecule has 5 rings (SSSR count). The van der Waals surface area contributed by atoms with Crippen molar-refractivity contribution in [3.63, 3.8) is 0 Å². The SMILES string of the molecule is CNS(=O)(=O)c1ccc2sc3ncnc(NC4CCC(N5CCOCC5)CC4)c3c2c1. The monoisotopic (exact) mass is 461 g/mol. The number of thiophene rings is 1. The standard InChI is InChI=1S/C21H27N5O3S2/c1-22-31(27,28)16-6-7-18-17(12-16)19-20(23-13-24-21(19)30-18)25-14-2-4-15(5-3-14)26-8-10-29-11-9-26/h6-7,12-15,22H,2-5,8-11H2,1H3,(H,23,24,25). The lowest BCUT2D eigenvalue weighted by Gasteiger charge is -2.39. The zero-order chi connectivity index (χ0) is 21.4. The molecule has 1 aromatic carbocycles. The average molecular weight is 462 g/mol. The Labute approximate surface area is 186 Å². The fraction of sp³-hybridized carbons (Fsp3) is 0.524. The Morgan fingerprint density at radius 2 is 1.90 bits per heavy atom. The van der Waals surface area contributed by atoms with Crippen molar-refractivity contribution in [1.82, 2.24) is 19.6 Å². The van der Waals surface area contributed by atoms with E-state index in [0.717, 1.165) is 65.3 Å². The van der Waals surface area contributed by atoms with E-state index in [-0.39, 0.29) is 4.90 Å². The molecule has 0 atom stereocenters. The average Bonchev–Trinajstić information content (AvgIpc) is 3.19. The van der Waals surface area contributed by atoms with E-state index in [1.54, 1.807) is 29.8 Å². The van der Waals surface area contributed by atoms with Crippen LogP contribution in [-0.4, -0.2) is 68.7 Å². The third-order valence-corrected chi connectivity index (χ3v) is 8.91. The van der Waals surface area contributed by atoms with Gasteiger partial charge in [-0.15, -0.1) is 11.3 Å². The number of benzene rings is 1. The highest BCUT2D eigenvalue weighted by atomic mass is 32.2. The number of fused-ring (bicyclic) bond motifs is 3. The highest BCUT2D eigenvalue weighted by Gasteiger charge is 2.27. The van der Waals surface area contributed by atoms with Crippen LogP contribution < -0.4 is 10.0 Å². The molecule has 2 aromatic heterocycles. The zero-order valence-corrected chi connectivity index (χ0v) is 19.1.